The molecule has 2 saturated heterocycles. The van der Waals surface area contributed by atoms with Gasteiger partial charge in [0.05, 0.1) is 32.0 Å². The first kappa shape index (κ1) is 65.0. The molecule has 70 heavy (non-hydrogen) atoms. The molecule has 2 heterocycles. The van der Waals surface area contributed by atoms with Crippen molar-refractivity contribution >= 4 is 5.91 Å². The minimum absolute atomic E-state index is 0.204. The fourth-order valence-corrected chi connectivity index (χ4v) is 9.77. The molecule has 2 aliphatic heterocycles. The molecule has 2 rings (SSSR count). The van der Waals surface area contributed by atoms with Crippen LogP contribution in [0.4, 0.5) is 0 Å². The molecule has 0 aromatic carbocycles. The van der Waals surface area contributed by atoms with Crippen molar-refractivity contribution in [1.82, 2.24) is 5.32 Å². The molecular weight excluding hydrogens is 903 g/mol. The number of ether oxygens (including phenoxy) is 4. The second-order valence-electron chi connectivity index (χ2n) is 20.7. The Hall–Kier alpha value is -1.09. The van der Waals surface area contributed by atoms with Gasteiger partial charge in [-0.15, -0.1) is 0 Å². The van der Waals surface area contributed by atoms with Crippen LogP contribution >= 0.6 is 0 Å². The van der Waals surface area contributed by atoms with E-state index < -0.39 is 111 Å². The molecule has 0 bridgehead atoms. The second-order valence-corrected chi connectivity index (χ2v) is 20.7. The Morgan fingerprint density at radius 3 is 1.34 bits per heavy atom. The number of aliphatic hydroxyl groups excluding tert-OH is 10. The molecule has 2 aliphatic rings. The van der Waals surface area contributed by atoms with E-state index in [1.165, 1.54) is 148 Å². The van der Waals surface area contributed by atoms with Crippen molar-refractivity contribution in [2.24, 2.45) is 0 Å². The maximum absolute atomic E-state index is 13.4. The van der Waals surface area contributed by atoms with Crippen LogP contribution in [-0.4, -0.2) is 163 Å². The average molecular weight is 1010 g/mol. The molecule has 14 unspecified atom stereocenters. The van der Waals surface area contributed by atoms with Gasteiger partial charge in [0, 0.05) is 0 Å². The fourth-order valence-electron chi connectivity index (χ4n) is 9.77. The van der Waals surface area contributed by atoms with E-state index in [0.717, 1.165) is 44.9 Å². The molecule has 14 atom stereocenters. The molecule has 16 nitrogen and oxygen atoms in total. The summed E-state index contributed by atoms with van der Waals surface area (Å²) in [7, 11) is 0. The average Bonchev–Trinajstić information content (AvgIpc) is 3.64. The van der Waals surface area contributed by atoms with Crippen LogP contribution in [0.25, 0.3) is 0 Å². The topological polar surface area (TPSA) is 268 Å². The second kappa shape index (κ2) is 41.2. The van der Waals surface area contributed by atoms with Crippen LogP contribution in [0.5, 0.6) is 0 Å². The maximum atomic E-state index is 13.4. The highest BCUT2D eigenvalue weighted by molar-refractivity contribution is 5.80. The van der Waals surface area contributed by atoms with Gasteiger partial charge < -0.3 is 75.3 Å². The van der Waals surface area contributed by atoms with Gasteiger partial charge in [-0.3, -0.25) is 4.79 Å². The van der Waals surface area contributed by atoms with Crippen molar-refractivity contribution in [2.75, 3.05) is 19.8 Å². The SMILES string of the molecule is CCCCCCCCCCCCCCCCCCCCCCC(O)C(=O)NC(COC1OC(CO)C(O)C(OC2OC(C(O)CO)C(O)C2O)C1O)C(O)C(O)CCCCCCCCCCCCCC. The minimum Gasteiger partial charge on any atom is -0.394 e. The summed E-state index contributed by atoms with van der Waals surface area (Å²) in [6.07, 6.45) is 18.4. The van der Waals surface area contributed by atoms with E-state index >= 15 is 0 Å². The molecule has 0 aromatic rings. The van der Waals surface area contributed by atoms with E-state index in [1.807, 2.05) is 0 Å². The summed E-state index contributed by atoms with van der Waals surface area (Å²) in [6.45, 7) is 2.39. The molecule has 0 saturated carbocycles. The van der Waals surface area contributed by atoms with Crippen molar-refractivity contribution in [1.29, 1.82) is 0 Å². The summed E-state index contributed by atoms with van der Waals surface area (Å²) in [4.78, 5) is 13.4. The lowest BCUT2D eigenvalue weighted by molar-refractivity contribution is -0.332. The number of amides is 1. The van der Waals surface area contributed by atoms with Crippen molar-refractivity contribution in [3.05, 3.63) is 0 Å². The van der Waals surface area contributed by atoms with Crippen molar-refractivity contribution in [2.45, 2.75) is 318 Å². The first-order chi connectivity index (χ1) is 33.9. The normalized spacial score (nSPS) is 26.0. The van der Waals surface area contributed by atoms with Crippen molar-refractivity contribution < 1.29 is 74.8 Å². The number of carbonyl (C=O) groups excluding carboxylic acids is 1. The van der Waals surface area contributed by atoms with Crippen LogP contribution in [0.15, 0.2) is 0 Å². The predicted molar refractivity (Wildman–Crippen MR) is 271 cm³/mol. The van der Waals surface area contributed by atoms with Gasteiger partial charge in [0.2, 0.25) is 5.91 Å². The lowest BCUT2D eigenvalue weighted by Gasteiger charge is -2.43. The van der Waals surface area contributed by atoms with Crippen LogP contribution in [-0.2, 0) is 23.7 Å². The van der Waals surface area contributed by atoms with Crippen LogP contribution in [0.2, 0.25) is 0 Å². The summed E-state index contributed by atoms with van der Waals surface area (Å²) in [5.41, 5.74) is 0. The van der Waals surface area contributed by atoms with E-state index in [9.17, 15) is 55.9 Å². The zero-order valence-corrected chi connectivity index (χ0v) is 43.8. The van der Waals surface area contributed by atoms with Gasteiger partial charge in [-0.25, -0.2) is 0 Å². The Balaban J connectivity index is 1.85. The summed E-state index contributed by atoms with van der Waals surface area (Å²) in [5, 5.41) is 109. The number of carbonyl (C=O) groups is 1. The number of hydrogen-bond donors (Lipinski definition) is 11. The quantitative estimate of drug-likeness (QED) is 0.0291. The molecule has 11 N–H and O–H groups in total. The van der Waals surface area contributed by atoms with Gasteiger partial charge in [0.15, 0.2) is 12.6 Å². The van der Waals surface area contributed by atoms with Gasteiger partial charge >= 0.3 is 0 Å². The highest BCUT2D eigenvalue weighted by Gasteiger charge is 2.52. The third-order valence-corrected chi connectivity index (χ3v) is 14.5. The van der Waals surface area contributed by atoms with Crippen LogP contribution in [0.3, 0.4) is 0 Å². The number of hydrogen-bond acceptors (Lipinski definition) is 15. The molecule has 0 radical (unpaired) electrons. The Kier molecular flexibility index (Phi) is 38.3. The van der Waals surface area contributed by atoms with Gasteiger partial charge in [-0.05, 0) is 12.8 Å². The smallest absolute Gasteiger partial charge is 0.249 e. The number of nitrogens with one attached hydrogen (secondary N) is 1. The van der Waals surface area contributed by atoms with Crippen LogP contribution in [0.1, 0.15) is 232 Å². The van der Waals surface area contributed by atoms with Crippen LogP contribution in [0, 0.1) is 0 Å². The molecule has 16 heteroatoms. The Labute approximate surface area is 422 Å². The van der Waals surface area contributed by atoms with Gasteiger partial charge in [-0.2, -0.15) is 0 Å². The van der Waals surface area contributed by atoms with Gasteiger partial charge in [-0.1, -0.05) is 219 Å². The summed E-state index contributed by atoms with van der Waals surface area (Å²) >= 11 is 0. The zero-order valence-electron chi connectivity index (χ0n) is 43.8. The third kappa shape index (κ3) is 26.9. The first-order valence-corrected chi connectivity index (χ1v) is 28.5. The fraction of sp³-hybridized carbons (Fsp3) is 0.981. The van der Waals surface area contributed by atoms with Gasteiger partial charge in [0.1, 0.15) is 61.0 Å². The van der Waals surface area contributed by atoms with Crippen molar-refractivity contribution in [3.8, 4) is 0 Å². The van der Waals surface area contributed by atoms with Crippen molar-refractivity contribution in [3.63, 3.8) is 0 Å². The standard InChI is InChI=1S/C54H105NO15/c1-3-5-7-9-11-13-15-17-18-19-20-21-22-23-24-26-28-30-32-34-36-42(59)52(66)55-40(45(61)41(58)35-33-31-29-27-25-16-14-12-10-8-6-4-2)39-67-53-49(65)51(46(62)44(38-57)68-53)70-54-48(64)47(63)50(69-54)43(60)37-56/h40-51,53-54,56-65H,3-39H2,1-2H3,(H,55,66). The molecule has 0 aromatic heterocycles. The molecule has 2 fully saturated rings. The van der Waals surface area contributed by atoms with E-state index in [-0.39, 0.29) is 12.8 Å². The monoisotopic (exact) mass is 1010 g/mol. The van der Waals surface area contributed by atoms with Gasteiger partial charge in [0.25, 0.3) is 0 Å². The first-order valence-electron chi connectivity index (χ1n) is 28.5. The lowest BCUT2D eigenvalue weighted by Crippen LogP contribution is -2.62. The number of unbranched alkanes of at least 4 members (excludes halogenated alkanes) is 30. The third-order valence-electron chi connectivity index (χ3n) is 14.5. The highest BCUT2D eigenvalue weighted by Crippen LogP contribution is 2.31. The number of aliphatic hydroxyl groups is 10. The van der Waals surface area contributed by atoms with Crippen LogP contribution < -0.4 is 5.32 Å². The molecule has 1 amide bonds. The Morgan fingerprint density at radius 1 is 0.514 bits per heavy atom. The molecule has 416 valence electrons. The Bertz CT molecular complexity index is 1220. The molecular formula is C54H105NO15. The zero-order chi connectivity index (χ0) is 51.4. The van der Waals surface area contributed by atoms with E-state index in [4.69, 9.17) is 18.9 Å². The van der Waals surface area contributed by atoms with E-state index in [0.29, 0.717) is 12.8 Å². The largest absolute Gasteiger partial charge is 0.394 e. The van der Waals surface area contributed by atoms with E-state index in [2.05, 4.69) is 19.2 Å². The molecule has 0 spiro atoms. The Morgan fingerprint density at radius 2 is 0.929 bits per heavy atom. The summed E-state index contributed by atoms with van der Waals surface area (Å²) in [5.74, 6) is -0.761. The minimum atomic E-state index is -1.82. The summed E-state index contributed by atoms with van der Waals surface area (Å²) in [6, 6.07) is -1.28. The van der Waals surface area contributed by atoms with E-state index in [1.54, 1.807) is 0 Å². The lowest BCUT2D eigenvalue weighted by atomic mass is 9.98. The summed E-state index contributed by atoms with van der Waals surface area (Å²) < 4.78 is 22.6. The predicted octanol–water partition coefficient (Wildman–Crippen LogP) is 6.50. The molecule has 0 aliphatic carbocycles. The highest BCUT2D eigenvalue weighted by atomic mass is 16.7. The number of rotatable bonds is 46. The maximum Gasteiger partial charge on any atom is 0.249 e.